The monoisotopic (exact) mass is 452 g/mol. The van der Waals surface area contributed by atoms with Crippen molar-refractivity contribution in [1.82, 2.24) is 5.32 Å². The van der Waals surface area contributed by atoms with Gasteiger partial charge in [-0.05, 0) is 80.8 Å². The number of nitrogens with zero attached hydrogens (tertiary/aromatic N) is 1. The van der Waals surface area contributed by atoms with Gasteiger partial charge in [0.05, 0.1) is 16.6 Å². The summed E-state index contributed by atoms with van der Waals surface area (Å²) in [6.07, 6.45) is 0.523. The third kappa shape index (κ3) is 4.12. The Morgan fingerprint density at radius 1 is 1.06 bits per heavy atom. The molecular formula is C25H25FN2O3S. The number of hydrogen-bond acceptors (Lipinski definition) is 3. The van der Waals surface area contributed by atoms with Gasteiger partial charge in [0.1, 0.15) is 5.82 Å². The average Bonchev–Trinajstić information content (AvgIpc) is 3.10. The molecule has 0 spiro atoms. The summed E-state index contributed by atoms with van der Waals surface area (Å²) in [5, 5.41) is 2.91. The topological polar surface area (TPSA) is 66.5 Å². The fourth-order valence-corrected chi connectivity index (χ4v) is 5.74. The van der Waals surface area contributed by atoms with Crippen molar-refractivity contribution < 1.29 is 17.6 Å². The molecular weight excluding hydrogens is 427 g/mol. The molecule has 0 aliphatic carbocycles. The largest absolute Gasteiger partial charge is 0.346 e. The molecule has 0 radical (unpaired) electrons. The van der Waals surface area contributed by atoms with E-state index >= 15 is 0 Å². The summed E-state index contributed by atoms with van der Waals surface area (Å²) in [6, 6.07) is 17.3. The highest BCUT2D eigenvalue weighted by atomic mass is 32.2. The van der Waals surface area contributed by atoms with Crippen molar-refractivity contribution in [2.45, 2.75) is 44.2 Å². The first-order valence-electron chi connectivity index (χ1n) is 10.5. The molecule has 5 nitrogen and oxygen atoms in total. The van der Waals surface area contributed by atoms with E-state index in [1.807, 2.05) is 20.8 Å². The molecule has 0 saturated carbocycles. The lowest BCUT2D eigenvalue weighted by Gasteiger charge is -2.24. The van der Waals surface area contributed by atoms with E-state index in [2.05, 4.69) is 5.32 Å². The highest BCUT2D eigenvalue weighted by Crippen LogP contribution is 2.37. The van der Waals surface area contributed by atoms with Crippen LogP contribution in [0.15, 0.2) is 71.6 Å². The molecule has 1 aliphatic rings. The fourth-order valence-electron chi connectivity index (χ4n) is 4.05. The number of benzene rings is 3. The summed E-state index contributed by atoms with van der Waals surface area (Å²) in [7, 11) is -3.71. The second kappa shape index (κ2) is 8.39. The van der Waals surface area contributed by atoms with E-state index in [4.69, 9.17) is 0 Å². The molecule has 0 saturated heterocycles. The van der Waals surface area contributed by atoms with Crippen molar-refractivity contribution in [2.24, 2.45) is 0 Å². The van der Waals surface area contributed by atoms with Gasteiger partial charge in [-0.2, -0.15) is 0 Å². The molecule has 3 aromatic carbocycles. The SMILES string of the molecule is Cc1ccc(S(=O)(=O)N2c3ccc(C(=O)N[C@@H](C)c4ccc(F)cc4)cc3C[C@H]2C)cc1. The second-order valence-corrected chi connectivity index (χ2v) is 10.1. The zero-order valence-corrected chi connectivity index (χ0v) is 19.0. The van der Waals surface area contributed by atoms with Crippen LogP contribution < -0.4 is 9.62 Å². The molecule has 7 heteroatoms. The van der Waals surface area contributed by atoms with Crippen LogP contribution in [0, 0.1) is 12.7 Å². The van der Waals surface area contributed by atoms with Crippen LogP contribution in [0.4, 0.5) is 10.1 Å². The van der Waals surface area contributed by atoms with Crippen molar-refractivity contribution in [1.29, 1.82) is 0 Å². The molecule has 1 N–H and O–H groups in total. The number of rotatable bonds is 5. The molecule has 0 unspecified atom stereocenters. The Hall–Kier alpha value is -3.19. The number of sulfonamides is 1. The first kappa shape index (κ1) is 22.0. The number of halogens is 1. The number of fused-ring (bicyclic) bond motifs is 1. The quantitative estimate of drug-likeness (QED) is 0.607. The van der Waals surface area contributed by atoms with Gasteiger partial charge in [-0.1, -0.05) is 29.8 Å². The summed E-state index contributed by atoms with van der Waals surface area (Å²) in [5.74, 6) is -0.595. The van der Waals surface area contributed by atoms with E-state index < -0.39 is 10.0 Å². The Morgan fingerprint density at radius 2 is 1.72 bits per heavy atom. The maximum Gasteiger partial charge on any atom is 0.264 e. The third-order valence-corrected chi connectivity index (χ3v) is 7.73. The van der Waals surface area contributed by atoms with Gasteiger partial charge in [0.25, 0.3) is 15.9 Å². The van der Waals surface area contributed by atoms with Crippen molar-refractivity contribution in [3.8, 4) is 0 Å². The lowest BCUT2D eigenvalue weighted by atomic mass is 10.0. The van der Waals surface area contributed by atoms with Crippen LogP contribution in [-0.2, 0) is 16.4 Å². The number of carbonyl (C=O) groups is 1. The van der Waals surface area contributed by atoms with Crippen LogP contribution in [0.5, 0.6) is 0 Å². The van der Waals surface area contributed by atoms with E-state index in [0.29, 0.717) is 17.7 Å². The van der Waals surface area contributed by atoms with Gasteiger partial charge in [0.2, 0.25) is 0 Å². The van der Waals surface area contributed by atoms with Gasteiger partial charge in [0, 0.05) is 11.6 Å². The molecule has 0 fully saturated rings. The Bertz CT molecular complexity index is 1260. The maximum atomic E-state index is 13.3. The van der Waals surface area contributed by atoms with E-state index in [1.165, 1.54) is 16.4 Å². The van der Waals surface area contributed by atoms with Gasteiger partial charge in [-0.3, -0.25) is 9.10 Å². The highest BCUT2D eigenvalue weighted by molar-refractivity contribution is 7.92. The summed E-state index contributed by atoms with van der Waals surface area (Å²) >= 11 is 0. The van der Waals surface area contributed by atoms with Crippen LogP contribution in [0.2, 0.25) is 0 Å². The smallest absolute Gasteiger partial charge is 0.264 e. The van der Waals surface area contributed by atoms with E-state index in [9.17, 15) is 17.6 Å². The molecule has 1 aliphatic heterocycles. The van der Waals surface area contributed by atoms with Crippen LogP contribution in [-0.4, -0.2) is 20.4 Å². The zero-order chi connectivity index (χ0) is 23.0. The van der Waals surface area contributed by atoms with Gasteiger partial charge >= 0.3 is 0 Å². The van der Waals surface area contributed by atoms with Crippen molar-refractivity contribution >= 4 is 21.6 Å². The molecule has 4 rings (SSSR count). The molecule has 0 aromatic heterocycles. The fraction of sp³-hybridized carbons (Fsp3) is 0.240. The Morgan fingerprint density at radius 3 is 2.38 bits per heavy atom. The van der Waals surface area contributed by atoms with Crippen LogP contribution in [0.3, 0.4) is 0 Å². The molecule has 32 heavy (non-hydrogen) atoms. The molecule has 3 aromatic rings. The summed E-state index contributed by atoms with van der Waals surface area (Å²) in [5.41, 5.74) is 3.66. The number of carbonyl (C=O) groups excluding carboxylic acids is 1. The predicted octanol–water partition coefficient (Wildman–Crippen LogP) is 4.77. The first-order valence-corrected chi connectivity index (χ1v) is 11.9. The minimum absolute atomic E-state index is 0.248. The van der Waals surface area contributed by atoms with Gasteiger partial charge in [-0.25, -0.2) is 12.8 Å². The van der Waals surface area contributed by atoms with E-state index in [0.717, 1.165) is 16.7 Å². The predicted molar refractivity (Wildman–Crippen MR) is 123 cm³/mol. The second-order valence-electron chi connectivity index (χ2n) is 8.26. The molecule has 0 bridgehead atoms. The molecule has 166 valence electrons. The standard InChI is InChI=1S/C25H25FN2O3S/c1-16-4-11-23(12-5-16)32(30,31)28-17(2)14-21-15-20(8-13-24(21)28)25(29)27-18(3)19-6-9-22(26)10-7-19/h4-13,15,17-18H,14H2,1-3H3,(H,27,29)/t17-,18+/m1/s1. The number of nitrogens with one attached hydrogen (secondary N) is 1. The van der Waals surface area contributed by atoms with Crippen molar-refractivity contribution in [3.63, 3.8) is 0 Å². The minimum atomic E-state index is -3.71. The summed E-state index contributed by atoms with van der Waals surface area (Å²) in [6.45, 7) is 5.60. The lowest BCUT2D eigenvalue weighted by molar-refractivity contribution is 0.0940. The number of aryl methyl sites for hydroxylation is 1. The van der Waals surface area contributed by atoms with E-state index in [1.54, 1.807) is 54.6 Å². The number of hydrogen-bond donors (Lipinski definition) is 1. The van der Waals surface area contributed by atoms with E-state index in [-0.39, 0.29) is 28.7 Å². The Balaban J connectivity index is 1.57. The first-order chi connectivity index (χ1) is 15.2. The summed E-state index contributed by atoms with van der Waals surface area (Å²) < 4.78 is 41.2. The molecule has 1 amide bonds. The van der Waals surface area contributed by atoms with Crippen molar-refractivity contribution in [2.75, 3.05) is 4.31 Å². The lowest BCUT2D eigenvalue weighted by Crippen LogP contribution is -2.35. The Labute approximate surface area is 187 Å². The van der Waals surface area contributed by atoms with Crippen LogP contribution in [0.25, 0.3) is 0 Å². The van der Waals surface area contributed by atoms with Gasteiger partial charge < -0.3 is 5.32 Å². The normalized spacial score (nSPS) is 16.5. The van der Waals surface area contributed by atoms with Gasteiger partial charge in [-0.15, -0.1) is 0 Å². The van der Waals surface area contributed by atoms with Crippen LogP contribution in [0.1, 0.15) is 46.9 Å². The molecule has 2 atom stereocenters. The minimum Gasteiger partial charge on any atom is -0.346 e. The Kier molecular flexibility index (Phi) is 5.77. The maximum absolute atomic E-state index is 13.3. The van der Waals surface area contributed by atoms with Crippen LogP contribution >= 0.6 is 0 Å². The highest BCUT2D eigenvalue weighted by Gasteiger charge is 2.36. The average molecular weight is 453 g/mol. The number of amides is 1. The van der Waals surface area contributed by atoms with Gasteiger partial charge in [0.15, 0.2) is 0 Å². The van der Waals surface area contributed by atoms with Crippen molar-refractivity contribution in [3.05, 3.63) is 94.8 Å². The number of anilines is 1. The zero-order valence-electron chi connectivity index (χ0n) is 18.2. The third-order valence-electron chi connectivity index (χ3n) is 5.79. The summed E-state index contributed by atoms with van der Waals surface area (Å²) in [4.78, 5) is 13.0. The molecule has 1 heterocycles.